The first-order valence-electron chi connectivity index (χ1n) is 7.69. The van der Waals surface area contributed by atoms with E-state index in [1.807, 2.05) is 18.7 Å². The molecular weight excluding hydrogens is 272 g/mol. The highest BCUT2D eigenvalue weighted by molar-refractivity contribution is 8.00. The highest BCUT2D eigenvalue weighted by Gasteiger charge is 2.51. The number of ketones is 1. The standard InChI is InChI=1S/C15H26N2O2S/c1-4-10(2)11(18)7-5-6-8-12-13-15(3,9-20-12)17-14(19)16-13/h10,12-13H,4-9H2,1-3H3,(H2,16,17,19)/t10?,12-,13+,15-/m0/s1. The van der Waals surface area contributed by atoms with E-state index in [1.54, 1.807) is 0 Å². The highest BCUT2D eigenvalue weighted by Crippen LogP contribution is 2.39. The monoisotopic (exact) mass is 298 g/mol. The molecule has 0 aromatic heterocycles. The summed E-state index contributed by atoms with van der Waals surface area (Å²) in [5, 5.41) is 6.56. The van der Waals surface area contributed by atoms with Gasteiger partial charge in [0.05, 0.1) is 11.6 Å². The molecule has 0 spiro atoms. The largest absolute Gasteiger partial charge is 0.332 e. The summed E-state index contributed by atoms with van der Waals surface area (Å²) in [6.45, 7) is 6.20. The minimum Gasteiger partial charge on any atom is -0.332 e. The van der Waals surface area contributed by atoms with Crippen LogP contribution in [0.25, 0.3) is 0 Å². The van der Waals surface area contributed by atoms with Gasteiger partial charge in [-0.3, -0.25) is 4.79 Å². The molecule has 0 radical (unpaired) electrons. The molecule has 2 heterocycles. The van der Waals surface area contributed by atoms with E-state index in [0.29, 0.717) is 17.5 Å². The van der Waals surface area contributed by atoms with Gasteiger partial charge < -0.3 is 10.6 Å². The minimum absolute atomic E-state index is 0.0326. The van der Waals surface area contributed by atoms with Gasteiger partial charge in [-0.2, -0.15) is 11.8 Å². The van der Waals surface area contributed by atoms with Crippen LogP contribution in [-0.4, -0.2) is 34.4 Å². The molecule has 2 aliphatic rings. The summed E-state index contributed by atoms with van der Waals surface area (Å²) < 4.78 is 0. The molecular formula is C15H26N2O2S. The van der Waals surface area contributed by atoms with Gasteiger partial charge in [-0.05, 0) is 26.2 Å². The van der Waals surface area contributed by atoms with E-state index in [-0.39, 0.29) is 23.5 Å². The van der Waals surface area contributed by atoms with Gasteiger partial charge in [0.25, 0.3) is 0 Å². The lowest BCUT2D eigenvalue weighted by atomic mass is 9.91. The predicted octanol–water partition coefficient (Wildman–Crippen LogP) is 2.72. The van der Waals surface area contributed by atoms with Crippen LogP contribution in [0.15, 0.2) is 0 Å². The Kier molecular flexibility index (Phi) is 4.99. The molecule has 0 saturated carbocycles. The maximum atomic E-state index is 11.8. The number of carbonyl (C=O) groups is 2. The van der Waals surface area contributed by atoms with Crippen molar-refractivity contribution < 1.29 is 9.59 Å². The third kappa shape index (κ3) is 3.30. The van der Waals surface area contributed by atoms with Gasteiger partial charge >= 0.3 is 6.03 Å². The molecule has 0 aliphatic carbocycles. The van der Waals surface area contributed by atoms with Crippen molar-refractivity contribution >= 4 is 23.6 Å². The van der Waals surface area contributed by atoms with Crippen LogP contribution in [0.1, 0.15) is 52.9 Å². The average Bonchev–Trinajstić information content (AvgIpc) is 2.86. The molecule has 4 nitrogen and oxygen atoms in total. The van der Waals surface area contributed by atoms with Gasteiger partial charge in [-0.25, -0.2) is 4.79 Å². The van der Waals surface area contributed by atoms with Crippen LogP contribution < -0.4 is 10.6 Å². The van der Waals surface area contributed by atoms with Gasteiger partial charge in [0, 0.05) is 23.3 Å². The quantitative estimate of drug-likeness (QED) is 0.561. The Hall–Kier alpha value is -0.710. The molecule has 2 amide bonds. The topological polar surface area (TPSA) is 58.2 Å². The van der Waals surface area contributed by atoms with Crippen molar-refractivity contribution in [3.8, 4) is 0 Å². The van der Waals surface area contributed by atoms with Crippen molar-refractivity contribution in [2.75, 3.05) is 5.75 Å². The number of hydrogen-bond acceptors (Lipinski definition) is 3. The van der Waals surface area contributed by atoms with Crippen LogP contribution in [0.4, 0.5) is 4.79 Å². The molecule has 0 aromatic carbocycles. The maximum absolute atomic E-state index is 11.8. The number of urea groups is 1. The fraction of sp³-hybridized carbons (Fsp3) is 0.867. The zero-order valence-electron chi connectivity index (χ0n) is 12.7. The van der Waals surface area contributed by atoms with Crippen LogP contribution in [-0.2, 0) is 4.79 Å². The van der Waals surface area contributed by atoms with Crippen LogP contribution in [0.3, 0.4) is 0 Å². The number of carbonyl (C=O) groups excluding carboxylic acids is 2. The minimum atomic E-state index is -0.0844. The van der Waals surface area contributed by atoms with Gasteiger partial charge in [-0.15, -0.1) is 0 Å². The molecule has 2 N–H and O–H groups in total. The maximum Gasteiger partial charge on any atom is 0.315 e. The Morgan fingerprint density at radius 2 is 2.25 bits per heavy atom. The normalized spacial score (nSPS) is 33.5. The first kappa shape index (κ1) is 15.7. The molecule has 5 heteroatoms. The van der Waals surface area contributed by atoms with Crippen LogP contribution in [0.5, 0.6) is 0 Å². The SMILES string of the molecule is CCC(C)C(=O)CCCC[C@@H]1SC[C@]2(C)NC(=O)N[C@H]12. The molecule has 2 rings (SSSR count). The number of thioether (sulfide) groups is 1. The summed E-state index contributed by atoms with van der Waals surface area (Å²) >= 11 is 1.94. The second kappa shape index (κ2) is 6.37. The number of rotatable bonds is 7. The van der Waals surface area contributed by atoms with Crippen LogP contribution in [0, 0.1) is 5.92 Å². The average molecular weight is 298 g/mol. The Labute approximate surface area is 125 Å². The third-order valence-corrected chi connectivity index (χ3v) is 6.37. The smallest absolute Gasteiger partial charge is 0.315 e. The summed E-state index contributed by atoms with van der Waals surface area (Å²) in [6.07, 6.45) is 4.78. The third-order valence-electron chi connectivity index (χ3n) is 4.66. The van der Waals surface area contributed by atoms with E-state index in [2.05, 4.69) is 24.5 Å². The van der Waals surface area contributed by atoms with E-state index < -0.39 is 0 Å². The lowest BCUT2D eigenvalue weighted by Crippen LogP contribution is -2.47. The van der Waals surface area contributed by atoms with Gasteiger partial charge in [-0.1, -0.05) is 20.3 Å². The molecule has 1 unspecified atom stereocenters. The van der Waals surface area contributed by atoms with Crippen molar-refractivity contribution in [2.45, 2.75) is 69.7 Å². The van der Waals surface area contributed by atoms with Gasteiger partial charge in [0.15, 0.2) is 0 Å². The summed E-state index contributed by atoms with van der Waals surface area (Å²) in [5.41, 5.74) is -0.0844. The Bertz CT molecular complexity index is 388. The molecule has 2 saturated heterocycles. The van der Waals surface area contributed by atoms with E-state index in [0.717, 1.165) is 31.4 Å². The van der Waals surface area contributed by atoms with Crippen molar-refractivity contribution in [1.29, 1.82) is 0 Å². The molecule has 2 fully saturated rings. The molecule has 4 atom stereocenters. The van der Waals surface area contributed by atoms with Gasteiger partial charge in [0.1, 0.15) is 5.78 Å². The first-order chi connectivity index (χ1) is 9.46. The molecule has 0 aromatic rings. The first-order valence-corrected chi connectivity index (χ1v) is 8.74. The zero-order valence-corrected chi connectivity index (χ0v) is 13.5. The van der Waals surface area contributed by atoms with Gasteiger partial charge in [0.2, 0.25) is 0 Å². The second-order valence-corrected chi connectivity index (χ2v) is 7.59. The molecule has 114 valence electrons. The fourth-order valence-electron chi connectivity index (χ4n) is 3.05. The summed E-state index contributed by atoms with van der Waals surface area (Å²) in [5.74, 6) is 1.58. The van der Waals surface area contributed by atoms with Crippen molar-refractivity contribution in [3.05, 3.63) is 0 Å². The fourth-order valence-corrected chi connectivity index (χ4v) is 4.75. The number of fused-ring (bicyclic) bond motifs is 1. The number of nitrogens with one attached hydrogen (secondary N) is 2. The summed E-state index contributed by atoms with van der Waals surface area (Å²) in [4.78, 5) is 23.2. The molecule has 2 aliphatic heterocycles. The second-order valence-electron chi connectivity index (χ2n) is 6.36. The van der Waals surface area contributed by atoms with E-state index in [9.17, 15) is 9.59 Å². The van der Waals surface area contributed by atoms with Crippen molar-refractivity contribution in [2.24, 2.45) is 5.92 Å². The Balaban J connectivity index is 1.71. The zero-order chi connectivity index (χ0) is 14.8. The predicted molar refractivity (Wildman–Crippen MR) is 83.0 cm³/mol. The van der Waals surface area contributed by atoms with E-state index in [4.69, 9.17) is 0 Å². The highest BCUT2D eigenvalue weighted by atomic mass is 32.2. The van der Waals surface area contributed by atoms with Crippen molar-refractivity contribution in [1.82, 2.24) is 10.6 Å². The summed E-state index contributed by atoms with van der Waals surface area (Å²) in [6, 6.07) is 0.208. The van der Waals surface area contributed by atoms with Crippen LogP contribution >= 0.6 is 11.8 Å². The molecule has 0 bridgehead atoms. The lowest BCUT2D eigenvalue weighted by molar-refractivity contribution is -0.122. The van der Waals surface area contributed by atoms with Crippen molar-refractivity contribution in [3.63, 3.8) is 0 Å². The number of hydrogen-bond donors (Lipinski definition) is 2. The van der Waals surface area contributed by atoms with Crippen LogP contribution in [0.2, 0.25) is 0 Å². The summed E-state index contributed by atoms with van der Waals surface area (Å²) in [7, 11) is 0. The number of amides is 2. The molecule has 20 heavy (non-hydrogen) atoms. The Morgan fingerprint density at radius 3 is 2.95 bits per heavy atom. The Morgan fingerprint density at radius 1 is 1.50 bits per heavy atom. The number of Topliss-reactive ketones (excluding diaryl/α,β-unsaturated/α-hetero) is 1. The number of unbranched alkanes of at least 4 members (excludes halogenated alkanes) is 1. The van der Waals surface area contributed by atoms with E-state index >= 15 is 0 Å². The lowest BCUT2D eigenvalue weighted by Gasteiger charge is -2.23. The van der Waals surface area contributed by atoms with E-state index in [1.165, 1.54) is 0 Å².